The third kappa shape index (κ3) is 5.92. The lowest BCUT2D eigenvalue weighted by molar-refractivity contribution is -0.121. The second kappa shape index (κ2) is 10.4. The summed E-state index contributed by atoms with van der Waals surface area (Å²) in [6, 6.07) is 15.7. The zero-order valence-electron chi connectivity index (χ0n) is 18.3. The average Bonchev–Trinajstić information content (AvgIpc) is 2.74. The Hall–Kier alpha value is -2.66. The first kappa shape index (κ1) is 22.0. The first-order chi connectivity index (χ1) is 14.4. The highest BCUT2D eigenvalue weighted by Crippen LogP contribution is 2.23. The molecule has 0 spiro atoms. The van der Waals surface area contributed by atoms with Gasteiger partial charge in [0.05, 0.1) is 11.3 Å². The van der Waals surface area contributed by atoms with Crippen LogP contribution in [0.1, 0.15) is 48.2 Å². The SMILES string of the molecule is Cc1ccccc1CN1CCC(C(=O)Nc2ccccc2C(=O)NCC(C)C)CC1. The molecule has 0 aromatic heterocycles. The van der Waals surface area contributed by atoms with E-state index in [-0.39, 0.29) is 17.7 Å². The van der Waals surface area contributed by atoms with Gasteiger partial charge >= 0.3 is 0 Å². The van der Waals surface area contributed by atoms with Crippen molar-refractivity contribution in [2.75, 3.05) is 25.0 Å². The number of rotatable bonds is 7. The topological polar surface area (TPSA) is 61.4 Å². The molecule has 1 aliphatic heterocycles. The van der Waals surface area contributed by atoms with E-state index in [9.17, 15) is 9.59 Å². The Balaban J connectivity index is 1.55. The van der Waals surface area contributed by atoms with E-state index in [1.165, 1.54) is 11.1 Å². The van der Waals surface area contributed by atoms with Crippen molar-refractivity contribution in [3.05, 3.63) is 65.2 Å². The smallest absolute Gasteiger partial charge is 0.253 e. The minimum absolute atomic E-state index is 0.00894. The molecule has 1 fully saturated rings. The standard InChI is InChI=1S/C25H33N3O2/c1-18(2)16-26-25(30)22-10-6-7-11-23(22)27-24(29)20-12-14-28(15-13-20)17-21-9-5-4-8-19(21)3/h4-11,18,20H,12-17H2,1-3H3,(H,26,30)(H,27,29). The lowest BCUT2D eigenvalue weighted by Crippen LogP contribution is -2.38. The fourth-order valence-electron chi connectivity index (χ4n) is 3.80. The quantitative estimate of drug-likeness (QED) is 0.722. The van der Waals surface area contributed by atoms with Crippen molar-refractivity contribution >= 4 is 17.5 Å². The molecule has 2 amide bonds. The third-order valence-corrected chi connectivity index (χ3v) is 5.71. The number of hydrogen-bond acceptors (Lipinski definition) is 3. The van der Waals surface area contributed by atoms with Crippen LogP contribution in [0.15, 0.2) is 48.5 Å². The lowest BCUT2D eigenvalue weighted by Gasteiger charge is -2.31. The number of piperidine rings is 1. The Labute approximate surface area is 179 Å². The molecule has 2 aromatic rings. The van der Waals surface area contributed by atoms with Crippen molar-refractivity contribution in [3.8, 4) is 0 Å². The van der Waals surface area contributed by atoms with E-state index < -0.39 is 0 Å². The molecule has 5 nitrogen and oxygen atoms in total. The van der Waals surface area contributed by atoms with E-state index in [0.717, 1.165) is 32.5 Å². The summed E-state index contributed by atoms with van der Waals surface area (Å²) in [6.07, 6.45) is 1.67. The molecule has 1 saturated heterocycles. The predicted molar refractivity (Wildman–Crippen MR) is 121 cm³/mol. The minimum Gasteiger partial charge on any atom is -0.352 e. The van der Waals surface area contributed by atoms with Crippen molar-refractivity contribution in [2.24, 2.45) is 11.8 Å². The van der Waals surface area contributed by atoms with Crippen molar-refractivity contribution < 1.29 is 9.59 Å². The van der Waals surface area contributed by atoms with Crippen LogP contribution >= 0.6 is 0 Å². The van der Waals surface area contributed by atoms with Gasteiger partial charge in [0.25, 0.3) is 5.91 Å². The van der Waals surface area contributed by atoms with Crippen LogP contribution in [0.4, 0.5) is 5.69 Å². The first-order valence-electron chi connectivity index (χ1n) is 10.9. The molecule has 0 unspecified atom stereocenters. The predicted octanol–water partition coefficient (Wildman–Crippen LogP) is 4.23. The van der Waals surface area contributed by atoms with E-state index in [4.69, 9.17) is 0 Å². The maximum atomic E-state index is 12.9. The van der Waals surface area contributed by atoms with E-state index in [1.54, 1.807) is 12.1 Å². The molecule has 3 rings (SSSR count). The number of nitrogens with one attached hydrogen (secondary N) is 2. The van der Waals surface area contributed by atoms with Gasteiger partial charge in [0.15, 0.2) is 0 Å². The number of likely N-dealkylation sites (tertiary alicyclic amines) is 1. The highest BCUT2D eigenvalue weighted by molar-refractivity contribution is 6.04. The van der Waals surface area contributed by atoms with Crippen LogP contribution in [0.25, 0.3) is 0 Å². The molecule has 0 aliphatic carbocycles. The minimum atomic E-state index is -0.146. The number of aryl methyl sites for hydroxylation is 1. The summed E-state index contributed by atoms with van der Waals surface area (Å²) in [5, 5.41) is 5.93. The van der Waals surface area contributed by atoms with Gasteiger partial charge in [-0.25, -0.2) is 0 Å². The zero-order valence-corrected chi connectivity index (χ0v) is 18.3. The molecule has 0 bridgehead atoms. The number of carbonyl (C=O) groups is 2. The molecule has 0 atom stereocenters. The average molecular weight is 408 g/mol. The lowest BCUT2D eigenvalue weighted by atomic mass is 9.95. The largest absolute Gasteiger partial charge is 0.352 e. The molecule has 2 aromatic carbocycles. The Morgan fingerprint density at radius 2 is 1.70 bits per heavy atom. The zero-order chi connectivity index (χ0) is 21.5. The summed E-state index contributed by atoms with van der Waals surface area (Å²) in [6.45, 7) is 9.61. The maximum absolute atomic E-state index is 12.9. The number of carbonyl (C=O) groups excluding carboxylic acids is 2. The summed E-state index contributed by atoms with van der Waals surface area (Å²) in [7, 11) is 0. The third-order valence-electron chi connectivity index (χ3n) is 5.71. The fraction of sp³-hybridized carbons (Fsp3) is 0.440. The van der Waals surface area contributed by atoms with Gasteiger partial charge in [-0.3, -0.25) is 14.5 Å². The van der Waals surface area contributed by atoms with Crippen LogP contribution in [0.2, 0.25) is 0 Å². The number of hydrogen-bond donors (Lipinski definition) is 2. The maximum Gasteiger partial charge on any atom is 0.253 e. The highest BCUT2D eigenvalue weighted by atomic mass is 16.2. The summed E-state index contributed by atoms with van der Waals surface area (Å²) < 4.78 is 0. The monoisotopic (exact) mass is 407 g/mol. The molecule has 160 valence electrons. The fourth-order valence-corrected chi connectivity index (χ4v) is 3.80. The van der Waals surface area contributed by atoms with Crippen molar-refractivity contribution in [1.29, 1.82) is 0 Å². The summed E-state index contributed by atoms with van der Waals surface area (Å²) in [5.41, 5.74) is 3.76. The van der Waals surface area contributed by atoms with Crippen molar-refractivity contribution in [2.45, 2.75) is 40.2 Å². The van der Waals surface area contributed by atoms with Gasteiger partial charge in [0, 0.05) is 19.0 Å². The second-order valence-corrected chi connectivity index (χ2v) is 8.62. The Kier molecular flexibility index (Phi) is 7.63. The van der Waals surface area contributed by atoms with Gasteiger partial charge in [-0.15, -0.1) is 0 Å². The van der Waals surface area contributed by atoms with Gasteiger partial charge in [0.2, 0.25) is 5.91 Å². The molecular weight excluding hydrogens is 374 g/mol. The number of para-hydroxylation sites is 1. The van der Waals surface area contributed by atoms with Gasteiger partial charge in [0.1, 0.15) is 0 Å². The van der Waals surface area contributed by atoms with Crippen LogP contribution in [-0.2, 0) is 11.3 Å². The van der Waals surface area contributed by atoms with E-state index >= 15 is 0 Å². The highest BCUT2D eigenvalue weighted by Gasteiger charge is 2.26. The van der Waals surface area contributed by atoms with Gasteiger partial charge in [-0.1, -0.05) is 50.2 Å². The number of amides is 2. The Morgan fingerprint density at radius 1 is 1.03 bits per heavy atom. The number of anilines is 1. The van der Waals surface area contributed by atoms with E-state index in [2.05, 4.69) is 60.6 Å². The van der Waals surface area contributed by atoms with E-state index in [1.807, 2.05) is 12.1 Å². The number of benzene rings is 2. The van der Waals surface area contributed by atoms with Crippen LogP contribution in [0.3, 0.4) is 0 Å². The van der Waals surface area contributed by atoms with Crippen LogP contribution < -0.4 is 10.6 Å². The van der Waals surface area contributed by atoms with Crippen LogP contribution in [-0.4, -0.2) is 36.3 Å². The van der Waals surface area contributed by atoms with Crippen LogP contribution in [0, 0.1) is 18.8 Å². The molecule has 1 heterocycles. The van der Waals surface area contributed by atoms with Crippen molar-refractivity contribution in [1.82, 2.24) is 10.2 Å². The number of nitrogens with zero attached hydrogens (tertiary/aromatic N) is 1. The van der Waals surface area contributed by atoms with Crippen molar-refractivity contribution in [3.63, 3.8) is 0 Å². The Bertz CT molecular complexity index is 870. The summed E-state index contributed by atoms with van der Waals surface area (Å²) in [5.74, 6) is 0.216. The van der Waals surface area contributed by atoms with E-state index in [0.29, 0.717) is 23.7 Å². The normalized spacial score (nSPS) is 15.2. The molecule has 30 heavy (non-hydrogen) atoms. The summed E-state index contributed by atoms with van der Waals surface area (Å²) >= 11 is 0. The molecule has 5 heteroatoms. The Morgan fingerprint density at radius 3 is 2.40 bits per heavy atom. The van der Waals surface area contributed by atoms with Gasteiger partial charge in [-0.2, -0.15) is 0 Å². The molecule has 1 aliphatic rings. The molecular formula is C25H33N3O2. The van der Waals surface area contributed by atoms with Gasteiger partial charge < -0.3 is 10.6 Å². The van der Waals surface area contributed by atoms with Crippen LogP contribution in [0.5, 0.6) is 0 Å². The first-order valence-corrected chi connectivity index (χ1v) is 10.9. The molecule has 0 radical (unpaired) electrons. The van der Waals surface area contributed by atoms with Gasteiger partial charge in [-0.05, 0) is 62.0 Å². The summed E-state index contributed by atoms with van der Waals surface area (Å²) in [4.78, 5) is 27.8. The second-order valence-electron chi connectivity index (χ2n) is 8.62. The molecule has 0 saturated carbocycles. The molecule has 2 N–H and O–H groups in total.